The van der Waals surface area contributed by atoms with Crippen LogP contribution in [0.2, 0.25) is 0 Å². The SMILES string of the molecule is COc1ccc2c(c1)N(c1ccccc1)C(=O)C2=Nc1cccc(C(F)(F)F)c1. The number of para-hydroxylation sites is 1. The number of carbonyl (C=O) groups excluding carboxylic acids is 1. The average Bonchev–Trinajstić information content (AvgIpc) is 2.99. The molecule has 1 heterocycles. The van der Waals surface area contributed by atoms with Crippen LogP contribution in [0.4, 0.5) is 30.2 Å². The van der Waals surface area contributed by atoms with Gasteiger partial charge in [0.15, 0.2) is 0 Å². The number of rotatable bonds is 3. The van der Waals surface area contributed by atoms with Crippen molar-refractivity contribution >= 4 is 28.7 Å². The van der Waals surface area contributed by atoms with Crippen molar-refractivity contribution in [1.29, 1.82) is 0 Å². The molecule has 0 radical (unpaired) electrons. The number of hydrogen-bond donors (Lipinski definition) is 0. The first kappa shape index (κ1) is 18.7. The Morgan fingerprint density at radius 1 is 0.931 bits per heavy atom. The van der Waals surface area contributed by atoms with Gasteiger partial charge in [-0.1, -0.05) is 24.3 Å². The van der Waals surface area contributed by atoms with Crippen LogP contribution in [-0.4, -0.2) is 18.7 Å². The fourth-order valence-electron chi connectivity index (χ4n) is 3.18. The zero-order chi connectivity index (χ0) is 20.6. The van der Waals surface area contributed by atoms with Crippen LogP contribution in [0.3, 0.4) is 0 Å². The zero-order valence-electron chi connectivity index (χ0n) is 15.3. The highest BCUT2D eigenvalue weighted by molar-refractivity contribution is 6.56. The molecule has 29 heavy (non-hydrogen) atoms. The molecule has 4 rings (SSSR count). The predicted octanol–water partition coefficient (Wildman–Crippen LogP) is 5.51. The third-order valence-corrected chi connectivity index (χ3v) is 4.54. The molecule has 0 fully saturated rings. The lowest BCUT2D eigenvalue weighted by Gasteiger charge is -2.17. The van der Waals surface area contributed by atoms with Crippen LogP contribution >= 0.6 is 0 Å². The molecular formula is C22H15F3N2O2. The van der Waals surface area contributed by atoms with E-state index in [0.29, 0.717) is 22.7 Å². The van der Waals surface area contributed by atoms with Crippen LogP contribution in [0.5, 0.6) is 5.75 Å². The Bertz CT molecular complexity index is 1110. The summed E-state index contributed by atoms with van der Waals surface area (Å²) < 4.78 is 44.3. The minimum absolute atomic E-state index is 0.0554. The molecular weight excluding hydrogens is 381 g/mol. The number of carbonyl (C=O) groups is 1. The summed E-state index contributed by atoms with van der Waals surface area (Å²) in [6.45, 7) is 0. The molecule has 1 aliphatic rings. The first-order valence-electron chi connectivity index (χ1n) is 8.72. The summed E-state index contributed by atoms with van der Waals surface area (Å²) in [5.41, 5.74) is 1.02. The number of methoxy groups -OCH3 is 1. The van der Waals surface area contributed by atoms with Gasteiger partial charge in [0.1, 0.15) is 11.5 Å². The van der Waals surface area contributed by atoms with Crippen molar-refractivity contribution in [3.63, 3.8) is 0 Å². The maximum Gasteiger partial charge on any atom is 0.416 e. The fraction of sp³-hybridized carbons (Fsp3) is 0.0909. The van der Waals surface area contributed by atoms with Gasteiger partial charge in [0.2, 0.25) is 0 Å². The number of aliphatic imine (C=N–C) groups is 1. The minimum Gasteiger partial charge on any atom is -0.497 e. The number of ether oxygens (including phenoxy) is 1. The topological polar surface area (TPSA) is 41.9 Å². The van der Waals surface area contributed by atoms with E-state index in [2.05, 4.69) is 4.99 Å². The summed E-state index contributed by atoms with van der Waals surface area (Å²) in [6, 6.07) is 18.6. The highest BCUT2D eigenvalue weighted by Crippen LogP contribution is 2.39. The molecule has 1 aliphatic heterocycles. The lowest BCUT2D eigenvalue weighted by Crippen LogP contribution is -2.25. The lowest BCUT2D eigenvalue weighted by atomic mass is 10.1. The molecule has 0 saturated carbocycles. The van der Waals surface area contributed by atoms with E-state index in [1.807, 2.05) is 6.07 Å². The summed E-state index contributed by atoms with van der Waals surface area (Å²) in [7, 11) is 1.52. The number of benzene rings is 3. The second kappa shape index (κ2) is 7.09. The van der Waals surface area contributed by atoms with Crippen LogP contribution in [0.15, 0.2) is 77.8 Å². The van der Waals surface area contributed by atoms with E-state index < -0.39 is 17.6 Å². The van der Waals surface area contributed by atoms with Crippen molar-refractivity contribution in [2.24, 2.45) is 4.99 Å². The molecule has 3 aromatic rings. The Labute approximate surface area is 164 Å². The molecule has 0 bridgehead atoms. The summed E-state index contributed by atoms with van der Waals surface area (Å²) >= 11 is 0. The molecule has 0 spiro atoms. The third kappa shape index (κ3) is 3.47. The molecule has 0 aliphatic carbocycles. The molecule has 0 aromatic heterocycles. The van der Waals surface area contributed by atoms with Crippen LogP contribution in [0.1, 0.15) is 11.1 Å². The van der Waals surface area contributed by atoms with Crippen LogP contribution in [0.25, 0.3) is 0 Å². The summed E-state index contributed by atoms with van der Waals surface area (Å²) in [5, 5.41) is 0. The van der Waals surface area contributed by atoms with E-state index >= 15 is 0 Å². The van der Waals surface area contributed by atoms with Gasteiger partial charge in [0.05, 0.1) is 24.0 Å². The Kier molecular flexibility index (Phi) is 4.58. The third-order valence-electron chi connectivity index (χ3n) is 4.54. The number of anilines is 2. The normalized spacial score (nSPS) is 15.0. The van der Waals surface area contributed by atoms with Gasteiger partial charge in [-0.3, -0.25) is 9.69 Å². The minimum atomic E-state index is -4.49. The van der Waals surface area contributed by atoms with Gasteiger partial charge < -0.3 is 4.74 Å². The summed E-state index contributed by atoms with van der Waals surface area (Å²) in [4.78, 5) is 18.9. The Balaban J connectivity index is 1.86. The van der Waals surface area contributed by atoms with Gasteiger partial charge in [-0.25, -0.2) is 4.99 Å². The predicted molar refractivity (Wildman–Crippen MR) is 104 cm³/mol. The van der Waals surface area contributed by atoms with Gasteiger partial charge in [-0.05, 0) is 42.5 Å². The van der Waals surface area contributed by atoms with Gasteiger partial charge in [-0.15, -0.1) is 0 Å². The van der Waals surface area contributed by atoms with Gasteiger partial charge in [-0.2, -0.15) is 13.2 Å². The van der Waals surface area contributed by atoms with E-state index in [4.69, 9.17) is 4.74 Å². The fourth-order valence-corrected chi connectivity index (χ4v) is 3.18. The second-order valence-electron chi connectivity index (χ2n) is 6.37. The van der Waals surface area contributed by atoms with Crippen molar-refractivity contribution in [3.8, 4) is 5.75 Å². The summed E-state index contributed by atoms with van der Waals surface area (Å²) in [6.07, 6.45) is -4.49. The lowest BCUT2D eigenvalue weighted by molar-refractivity contribution is -0.137. The Hall–Kier alpha value is -3.61. The van der Waals surface area contributed by atoms with Crippen LogP contribution in [0, 0.1) is 0 Å². The zero-order valence-corrected chi connectivity index (χ0v) is 15.3. The van der Waals surface area contributed by atoms with Gasteiger partial charge in [0.25, 0.3) is 5.91 Å². The van der Waals surface area contributed by atoms with Gasteiger partial charge in [0, 0.05) is 17.3 Å². The van der Waals surface area contributed by atoms with Crippen molar-refractivity contribution in [2.75, 3.05) is 12.0 Å². The molecule has 1 amide bonds. The van der Waals surface area contributed by atoms with Crippen molar-refractivity contribution in [1.82, 2.24) is 0 Å². The molecule has 7 heteroatoms. The van der Waals surface area contributed by atoms with Crippen LogP contribution in [-0.2, 0) is 11.0 Å². The van der Waals surface area contributed by atoms with E-state index in [-0.39, 0.29) is 11.4 Å². The highest BCUT2D eigenvalue weighted by atomic mass is 19.4. The smallest absolute Gasteiger partial charge is 0.416 e. The number of nitrogens with zero attached hydrogens (tertiary/aromatic N) is 2. The first-order chi connectivity index (χ1) is 13.9. The maximum absolute atomic E-state index is 13.2. The molecule has 0 unspecified atom stereocenters. The molecule has 146 valence electrons. The first-order valence-corrected chi connectivity index (χ1v) is 8.72. The number of amides is 1. The van der Waals surface area contributed by atoms with E-state index in [9.17, 15) is 18.0 Å². The quantitative estimate of drug-likeness (QED) is 0.586. The summed E-state index contributed by atoms with van der Waals surface area (Å²) in [5.74, 6) is 0.134. The maximum atomic E-state index is 13.2. The highest BCUT2D eigenvalue weighted by Gasteiger charge is 2.36. The molecule has 0 atom stereocenters. The number of hydrogen-bond acceptors (Lipinski definition) is 3. The largest absolute Gasteiger partial charge is 0.497 e. The second-order valence-corrected chi connectivity index (χ2v) is 6.37. The number of alkyl halides is 3. The average molecular weight is 396 g/mol. The molecule has 3 aromatic carbocycles. The standard InChI is InChI=1S/C22H15F3N2O2/c1-29-17-10-11-18-19(13-17)27(16-8-3-2-4-9-16)21(28)20(18)26-15-7-5-6-14(12-15)22(23,24)25/h2-13H,1H3. The number of fused-ring (bicyclic) bond motifs is 1. The van der Waals surface area contributed by atoms with E-state index in [1.54, 1.807) is 42.5 Å². The Morgan fingerprint density at radius 2 is 1.69 bits per heavy atom. The molecule has 4 nitrogen and oxygen atoms in total. The van der Waals surface area contributed by atoms with E-state index in [0.717, 1.165) is 12.1 Å². The van der Waals surface area contributed by atoms with Gasteiger partial charge >= 0.3 is 6.18 Å². The monoisotopic (exact) mass is 396 g/mol. The van der Waals surface area contributed by atoms with Crippen molar-refractivity contribution in [3.05, 3.63) is 83.9 Å². The van der Waals surface area contributed by atoms with E-state index in [1.165, 1.54) is 24.1 Å². The number of halogens is 3. The van der Waals surface area contributed by atoms with Crippen molar-refractivity contribution in [2.45, 2.75) is 6.18 Å². The van der Waals surface area contributed by atoms with Crippen molar-refractivity contribution < 1.29 is 22.7 Å². The van der Waals surface area contributed by atoms with Crippen LogP contribution < -0.4 is 9.64 Å². The molecule has 0 saturated heterocycles. The molecule has 0 N–H and O–H groups in total. The Morgan fingerprint density at radius 3 is 2.38 bits per heavy atom.